The van der Waals surface area contributed by atoms with Crippen LogP contribution in [0.1, 0.15) is 35.7 Å². The highest BCUT2D eigenvalue weighted by atomic mass is 16.5. The molecule has 0 spiro atoms. The summed E-state index contributed by atoms with van der Waals surface area (Å²) in [5, 5.41) is 7.30. The van der Waals surface area contributed by atoms with Crippen molar-refractivity contribution in [3.63, 3.8) is 0 Å². The van der Waals surface area contributed by atoms with Gasteiger partial charge >= 0.3 is 6.03 Å². The van der Waals surface area contributed by atoms with E-state index in [2.05, 4.69) is 10.5 Å². The van der Waals surface area contributed by atoms with Gasteiger partial charge in [0.15, 0.2) is 11.5 Å². The van der Waals surface area contributed by atoms with Gasteiger partial charge in [0.2, 0.25) is 5.82 Å². The first-order chi connectivity index (χ1) is 17.5. The molecule has 1 aliphatic rings. The van der Waals surface area contributed by atoms with E-state index in [1.807, 2.05) is 56.3 Å². The molecule has 9 heteroatoms. The predicted octanol–water partition coefficient (Wildman–Crippen LogP) is 5.35. The van der Waals surface area contributed by atoms with Crippen molar-refractivity contribution < 1.29 is 23.2 Å². The first-order valence-electron chi connectivity index (χ1n) is 11.4. The molecule has 2 aromatic carbocycles. The Balaban J connectivity index is 1.61. The maximum atomic E-state index is 13.2. The number of methoxy groups -OCH3 is 2. The first kappa shape index (κ1) is 23.2. The number of furan rings is 1. The normalized spacial score (nSPS) is 15.7. The number of hydrogen-bond donors (Lipinski definition) is 1. The van der Waals surface area contributed by atoms with Crippen LogP contribution < -0.4 is 14.8 Å². The Bertz CT molecular complexity index is 1410. The van der Waals surface area contributed by atoms with Gasteiger partial charge in [-0.2, -0.15) is 4.98 Å². The number of ether oxygens (including phenoxy) is 2. The van der Waals surface area contributed by atoms with Crippen LogP contribution in [0.2, 0.25) is 0 Å². The van der Waals surface area contributed by atoms with Crippen molar-refractivity contribution in [2.24, 2.45) is 0 Å². The molecule has 2 aromatic heterocycles. The fourth-order valence-electron chi connectivity index (χ4n) is 4.24. The van der Waals surface area contributed by atoms with Gasteiger partial charge in [-0.05, 0) is 43.7 Å². The molecule has 1 unspecified atom stereocenters. The second kappa shape index (κ2) is 9.61. The summed E-state index contributed by atoms with van der Waals surface area (Å²) in [6.07, 6.45) is 1.58. The Kier molecular flexibility index (Phi) is 6.20. The lowest BCUT2D eigenvalue weighted by Crippen LogP contribution is -2.45. The first-order valence-corrected chi connectivity index (χ1v) is 11.4. The molecule has 4 aromatic rings. The van der Waals surface area contributed by atoms with Crippen LogP contribution in [0.5, 0.6) is 11.5 Å². The standard InChI is InChI=1S/C27H26N4O5/c1-16-7-9-18(10-8-16)25-29-26(36-30-25)23-17(2)31(15-20-6-5-13-35-20)27(32)28-24(23)19-11-12-21(33-3)22(14-19)34-4/h5-14,24H,15H2,1-4H3,(H,28,32). The van der Waals surface area contributed by atoms with E-state index >= 15 is 0 Å². The minimum atomic E-state index is -0.559. The Morgan fingerprint density at radius 3 is 2.50 bits per heavy atom. The Morgan fingerprint density at radius 2 is 1.81 bits per heavy atom. The zero-order valence-corrected chi connectivity index (χ0v) is 20.4. The number of nitrogens with zero attached hydrogens (tertiary/aromatic N) is 3. The molecular formula is C27H26N4O5. The van der Waals surface area contributed by atoms with Gasteiger partial charge in [0.05, 0.1) is 38.6 Å². The molecule has 0 aliphatic carbocycles. The number of benzene rings is 2. The van der Waals surface area contributed by atoms with Crippen LogP contribution in [0, 0.1) is 6.92 Å². The fourth-order valence-corrected chi connectivity index (χ4v) is 4.24. The van der Waals surface area contributed by atoms with Gasteiger partial charge in [0.25, 0.3) is 5.89 Å². The maximum absolute atomic E-state index is 13.2. The lowest BCUT2D eigenvalue weighted by atomic mass is 9.94. The Labute approximate surface area is 208 Å². The van der Waals surface area contributed by atoms with Crippen LogP contribution in [0.25, 0.3) is 17.0 Å². The van der Waals surface area contributed by atoms with Crippen molar-refractivity contribution in [3.05, 3.63) is 89.3 Å². The van der Waals surface area contributed by atoms with E-state index in [1.54, 1.807) is 37.5 Å². The molecule has 1 atom stereocenters. The Morgan fingerprint density at radius 1 is 1.03 bits per heavy atom. The minimum absolute atomic E-state index is 0.256. The van der Waals surface area contributed by atoms with E-state index in [0.29, 0.717) is 40.2 Å². The highest BCUT2D eigenvalue weighted by Crippen LogP contribution is 2.40. The van der Waals surface area contributed by atoms with Crippen LogP contribution in [0.3, 0.4) is 0 Å². The van der Waals surface area contributed by atoms with Crippen LogP contribution >= 0.6 is 0 Å². The number of aromatic nitrogens is 2. The average Bonchev–Trinajstić information content (AvgIpc) is 3.59. The third-order valence-corrected chi connectivity index (χ3v) is 6.20. The number of amides is 2. The summed E-state index contributed by atoms with van der Waals surface area (Å²) in [4.78, 5) is 19.5. The van der Waals surface area contributed by atoms with Gasteiger partial charge in [0, 0.05) is 11.3 Å². The summed E-state index contributed by atoms with van der Waals surface area (Å²) in [6.45, 7) is 4.14. The summed E-state index contributed by atoms with van der Waals surface area (Å²) in [7, 11) is 3.15. The molecule has 9 nitrogen and oxygen atoms in total. The molecule has 0 saturated carbocycles. The molecule has 0 radical (unpaired) electrons. The SMILES string of the molecule is COc1ccc(C2NC(=O)N(Cc3ccco3)C(C)=C2c2nc(-c3ccc(C)cc3)no2)cc1OC. The van der Waals surface area contributed by atoms with E-state index in [1.165, 1.54) is 0 Å². The van der Waals surface area contributed by atoms with Crippen molar-refractivity contribution >= 4 is 11.6 Å². The molecule has 3 heterocycles. The van der Waals surface area contributed by atoms with Crippen LogP contribution in [-0.2, 0) is 6.54 Å². The molecule has 1 N–H and O–H groups in total. The summed E-state index contributed by atoms with van der Waals surface area (Å²) >= 11 is 0. The maximum Gasteiger partial charge on any atom is 0.322 e. The molecular weight excluding hydrogens is 460 g/mol. The van der Waals surface area contributed by atoms with Crippen molar-refractivity contribution in [2.75, 3.05) is 14.2 Å². The third-order valence-electron chi connectivity index (χ3n) is 6.20. The lowest BCUT2D eigenvalue weighted by Gasteiger charge is -2.34. The highest BCUT2D eigenvalue weighted by molar-refractivity contribution is 5.87. The molecule has 2 amide bonds. The molecule has 5 rings (SSSR count). The quantitative estimate of drug-likeness (QED) is 0.375. The predicted molar refractivity (Wildman–Crippen MR) is 132 cm³/mol. The van der Waals surface area contributed by atoms with Crippen LogP contribution in [0.15, 0.2) is 75.5 Å². The van der Waals surface area contributed by atoms with Crippen molar-refractivity contribution in [1.29, 1.82) is 0 Å². The molecule has 0 saturated heterocycles. The van der Waals surface area contributed by atoms with Gasteiger partial charge < -0.3 is 23.7 Å². The van der Waals surface area contributed by atoms with E-state index < -0.39 is 6.04 Å². The summed E-state index contributed by atoms with van der Waals surface area (Å²) in [5.41, 5.74) is 4.11. The van der Waals surface area contributed by atoms with Crippen molar-refractivity contribution in [3.8, 4) is 22.9 Å². The molecule has 0 fully saturated rings. The number of nitrogens with one attached hydrogen (secondary N) is 1. The van der Waals surface area contributed by atoms with Gasteiger partial charge in [-0.15, -0.1) is 0 Å². The lowest BCUT2D eigenvalue weighted by molar-refractivity contribution is 0.199. The van der Waals surface area contributed by atoms with E-state index in [-0.39, 0.29) is 12.6 Å². The van der Waals surface area contributed by atoms with Crippen molar-refractivity contribution in [1.82, 2.24) is 20.4 Å². The smallest absolute Gasteiger partial charge is 0.322 e. The molecule has 0 bridgehead atoms. The number of carbonyl (C=O) groups excluding carboxylic acids is 1. The second-order valence-electron chi connectivity index (χ2n) is 8.45. The van der Waals surface area contributed by atoms with Gasteiger partial charge in [-0.1, -0.05) is 41.1 Å². The fraction of sp³-hybridized carbons (Fsp3) is 0.222. The Hall–Kier alpha value is -4.53. The minimum Gasteiger partial charge on any atom is -0.493 e. The summed E-state index contributed by atoms with van der Waals surface area (Å²) < 4.78 is 22.1. The van der Waals surface area contributed by atoms with Gasteiger partial charge in [-0.25, -0.2) is 4.79 Å². The largest absolute Gasteiger partial charge is 0.493 e. The van der Waals surface area contributed by atoms with E-state index in [0.717, 1.165) is 16.7 Å². The molecule has 1 aliphatic heterocycles. The zero-order valence-electron chi connectivity index (χ0n) is 20.4. The summed E-state index contributed by atoms with van der Waals surface area (Å²) in [5.74, 6) is 2.56. The van der Waals surface area contributed by atoms with E-state index in [4.69, 9.17) is 23.4 Å². The number of aryl methyl sites for hydroxylation is 1. The topological polar surface area (TPSA) is 103 Å². The summed E-state index contributed by atoms with van der Waals surface area (Å²) in [6, 6.07) is 16.2. The van der Waals surface area contributed by atoms with Crippen molar-refractivity contribution in [2.45, 2.75) is 26.4 Å². The highest BCUT2D eigenvalue weighted by Gasteiger charge is 2.36. The number of allylic oxidation sites excluding steroid dienone is 1. The van der Waals surface area contributed by atoms with E-state index in [9.17, 15) is 4.79 Å². The molecule has 36 heavy (non-hydrogen) atoms. The number of urea groups is 1. The average molecular weight is 487 g/mol. The van der Waals surface area contributed by atoms with Crippen LogP contribution in [0.4, 0.5) is 4.79 Å². The zero-order chi connectivity index (χ0) is 25.2. The number of rotatable bonds is 7. The third kappa shape index (κ3) is 4.31. The molecule has 184 valence electrons. The number of carbonyl (C=O) groups is 1. The number of hydrogen-bond acceptors (Lipinski definition) is 7. The van der Waals surface area contributed by atoms with Crippen LogP contribution in [-0.4, -0.2) is 35.3 Å². The monoisotopic (exact) mass is 486 g/mol. The van der Waals surface area contributed by atoms with Gasteiger partial charge in [0.1, 0.15) is 5.76 Å². The second-order valence-corrected chi connectivity index (χ2v) is 8.45. The van der Waals surface area contributed by atoms with Gasteiger partial charge in [-0.3, -0.25) is 4.90 Å².